The predicted octanol–water partition coefficient (Wildman–Crippen LogP) is 1.93. The summed E-state index contributed by atoms with van der Waals surface area (Å²) in [6.45, 7) is 4.19. The smallest absolute Gasteiger partial charge is 0.335 e. The second kappa shape index (κ2) is 7.39. The predicted molar refractivity (Wildman–Crippen MR) is 88.8 cm³/mol. The Morgan fingerprint density at radius 1 is 1.25 bits per heavy atom. The molecule has 0 saturated carbocycles. The van der Waals surface area contributed by atoms with E-state index in [1.54, 1.807) is 6.08 Å². The number of nitrogens with one attached hydrogen (secondary N) is 1. The number of hydrogen-bond donors (Lipinski definition) is 1. The Morgan fingerprint density at radius 3 is 2.46 bits per heavy atom. The molecule has 0 fully saturated rings. The molecule has 1 N–H and O–H groups in total. The van der Waals surface area contributed by atoms with Gasteiger partial charge in [-0.05, 0) is 23.1 Å². The molecule has 2 aromatic rings. The molecule has 1 aromatic carbocycles. The van der Waals surface area contributed by atoms with Crippen molar-refractivity contribution in [2.24, 2.45) is 0 Å². The van der Waals surface area contributed by atoms with Gasteiger partial charge in [-0.25, -0.2) is 8.42 Å². The summed E-state index contributed by atoms with van der Waals surface area (Å²) < 4.78 is 27.4. The van der Waals surface area contributed by atoms with Gasteiger partial charge in [0.2, 0.25) is 21.6 Å². The molecule has 0 radical (unpaired) electrons. The lowest BCUT2D eigenvalue weighted by atomic mass is 10.0. The molecule has 0 saturated heterocycles. The summed E-state index contributed by atoms with van der Waals surface area (Å²) in [7, 11) is -3.54. The van der Waals surface area contributed by atoms with Gasteiger partial charge in [-0.1, -0.05) is 43.2 Å². The highest BCUT2D eigenvalue weighted by Crippen LogP contribution is 2.15. The largest absolute Gasteiger partial charge is 0.411 e. The highest BCUT2D eigenvalue weighted by Gasteiger charge is 2.16. The van der Waals surface area contributed by atoms with Gasteiger partial charge in [0, 0.05) is 12.3 Å². The molecule has 1 amide bonds. The maximum absolute atomic E-state index is 11.8. The number of hydrogen-bond acceptors (Lipinski definition) is 6. The van der Waals surface area contributed by atoms with Crippen LogP contribution in [-0.2, 0) is 21.2 Å². The first kappa shape index (κ1) is 17.9. The minimum Gasteiger partial charge on any atom is -0.411 e. The summed E-state index contributed by atoms with van der Waals surface area (Å²) in [5, 5.41) is 9.05. The first-order valence-electron chi connectivity index (χ1n) is 7.34. The number of amides is 1. The highest BCUT2D eigenvalue weighted by atomic mass is 32.2. The Morgan fingerprint density at radius 2 is 1.92 bits per heavy atom. The number of nitrogens with zero attached hydrogens (tertiary/aromatic N) is 2. The number of rotatable bonds is 6. The maximum atomic E-state index is 11.8. The van der Waals surface area contributed by atoms with Gasteiger partial charge in [0.05, 0.1) is 6.54 Å². The van der Waals surface area contributed by atoms with Gasteiger partial charge >= 0.3 is 5.22 Å². The summed E-state index contributed by atoms with van der Waals surface area (Å²) in [6, 6.07) is 7.92. The number of benzene rings is 1. The van der Waals surface area contributed by atoms with Crippen LogP contribution >= 0.6 is 0 Å². The maximum Gasteiger partial charge on any atom is 0.335 e. The summed E-state index contributed by atoms with van der Waals surface area (Å²) in [4.78, 5) is 11.8. The fraction of sp³-hybridized carbons (Fsp3) is 0.312. The van der Waals surface area contributed by atoms with Gasteiger partial charge in [-0.15, -0.1) is 5.10 Å². The van der Waals surface area contributed by atoms with Crippen LogP contribution in [0.2, 0.25) is 0 Å². The molecule has 1 heterocycles. The molecule has 128 valence electrons. The second-order valence-corrected chi connectivity index (χ2v) is 7.50. The van der Waals surface area contributed by atoms with Gasteiger partial charge in [0.15, 0.2) is 0 Å². The van der Waals surface area contributed by atoms with Gasteiger partial charge in [0.1, 0.15) is 0 Å². The Balaban J connectivity index is 1.90. The second-order valence-electron chi connectivity index (χ2n) is 5.61. The van der Waals surface area contributed by atoms with Crippen LogP contribution in [0.4, 0.5) is 0 Å². The van der Waals surface area contributed by atoms with E-state index in [0.29, 0.717) is 5.92 Å². The molecule has 24 heavy (non-hydrogen) atoms. The molecule has 0 spiro atoms. The molecule has 0 unspecified atom stereocenters. The molecule has 0 aliphatic rings. The van der Waals surface area contributed by atoms with E-state index in [4.69, 9.17) is 4.42 Å². The van der Waals surface area contributed by atoms with E-state index >= 15 is 0 Å². The summed E-state index contributed by atoms with van der Waals surface area (Å²) in [5.41, 5.74) is 2.14. The van der Waals surface area contributed by atoms with Crippen LogP contribution in [0, 0.1) is 0 Å². The molecule has 7 nitrogen and oxygen atoms in total. The van der Waals surface area contributed by atoms with E-state index in [-0.39, 0.29) is 18.3 Å². The quantitative estimate of drug-likeness (QED) is 0.800. The zero-order chi connectivity index (χ0) is 17.7. The van der Waals surface area contributed by atoms with Crippen LogP contribution in [0.3, 0.4) is 0 Å². The Labute approximate surface area is 140 Å². The third-order valence-electron chi connectivity index (χ3n) is 3.21. The molecular weight excluding hydrogens is 330 g/mol. The van der Waals surface area contributed by atoms with Gasteiger partial charge in [-0.2, -0.15) is 0 Å². The number of sulfone groups is 1. The van der Waals surface area contributed by atoms with Crippen molar-refractivity contribution in [1.29, 1.82) is 0 Å². The zero-order valence-electron chi connectivity index (χ0n) is 13.7. The minimum atomic E-state index is -3.54. The fourth-order valence-corrected chi connectivity index (χ4v) is 2.28. The molecule has 0 atom stereocenters. The molecule has 0 bridgehead atoms. The van der Waals surface area contributed by atoms with Gasteiger partial charge in [0.25, 0.3) is 0 Å². The Kier molecular flexibility index (Phi) is 5.50. The first-order valence-corrected chi connectivity index (χ1v) is 9.23. The Hall–Kier alpha value is -2.48. The summed E-state index contributed by atoms with van der Waals surface area (Å²) in [6.07, 6.45) is 4.05. The fourth-order valence-electron chi connectivity index (χ4n) is 1.85. The zero-order valence-corrected chi connectivity index (χ0v) is 14.5. The number of aromatic nitrogens is 2. The third kappa shape index (κ3) is 5.02. The van der Waals surface area contributed by atoms with E-state index in [1.165, 1.54) is 11.6 Å². The van der Waals surface area contributed by atoms with Crippen LogP contribution in [-0.4, -0.2) is 30.8 Å². The van der Waals surface area contributed by atoms with Crippen LogP contribution in [0.1, 0.15) is 36.8 Å². The van der Waals surface area contributed by atoms with Crippen LogP contribution in [0.5, 0.6) is 0 Å². The standard InChI is InChI=1S/C16H19N3O4S/c1-11(2)13-7-4-12(5-8-13)6-9-14(20)17-10-15-18-19-16(23-15)24(3,21)22/h4-9,11H,10H2,1-3H3,(H,17,20)/b9-6+. The lowest BCUT2D eigenvalue weighted by Gasteiger charge is -2.04. The van der Waals surface area contributed by atoms with Crippen molar-refractivity contribution in [2.75, 3.05) is 6.26 Å². The van der Waals surface area contributed by atoms with Gasteiger partial charge < -0.3 is 9.73 Å². The minimum absolute atomic E-state index is 0.0264. The SMILES string of the molecule is CC(C)c1ccc(/C=C/C(=O)NCc2nnc(S(C)(=O)=O)o2)cc1. The van der Waals surface area contributed by atoms with Gasteiger partial charge in [-0.3, -0.25) is 4.79 Å². The molecule has 8 heteroatoms. The molecular formula is C16H19N3O4S. The molecule has 1 aromatic heterocycles. The molecule has 0 aliphatic carbocycles. The van der Waals surface area contributed by atoms with Crippen molar-refractivity contribution in [3.05, 3.63) is 47.4 Å². The Bertz CT molecular complexity index is 836. The van der Waals surface area contributed by atoms with Crippen molar-refractivity contribution in [3.8, 4) is 0 Å². The van der Waals surface area contributed by atoms with E-state index < -0.39 is 15.1 Å². The lowest BCUT2D eigenvalue weighted by molar-refractivity contribution is -0.116. The average Bonchev–Trinajstić information content (AvgIpc) is 3.00. The summed E-state index contributed by atoms with van der Waals surface area (Å²) in [5.74, 6) is 0.137. The van der Waals surface area contributed by atoms with E-state index in [0.717, 1.165) is 11.8 Å². The number of carbonyl (C=O) groups is 1. The van der Waals surface area contributed by atoms with Crippen molar-refractivity contribution >= 4 is 21.8 Å². The molecule has 0 aliphatic heterocycles. The van der Waals surface area contributed by atoms with Crippen LogP contribution in [0.15, 0.2) is 40.0 Å². The van der Waals surface area contributed by atoms with Crippen LogP contribution < -0.4 is 5.32 Å². The normalized spacial score (nSPS) is 12.0. The third-order valence-corrected chi connectivity index (χ3v) is 4.01. The average molecular weight is 349 g/mol. The van der Waals surface area contributed by atoms with Crippen molar-refractivity contribution in [2.45, 2.75) is 31.5 Å². The number of carbonyl (C=O) groups excluding carboxylic acids is 1. The van der Waals surface area contributed by atoms with Crippen molar-refractivity contribution in [3.63, 3.8) is 0 Å². The van der Waals surface area contributed by atoms with E-state index in [1.807, 2.05) is 24.3 Å². The monoisotopic (exact) mass is 349 g/mol. The highest BCUT2D eigenvalue weighted by molar-refractivity contribution is 7.90. The van der Waals surface area contributed by atoms with E-state index in [2.05, 4.69) is 29.4 Å². The van der Waals surface area contributed by atoms with Crippen LogP contribution in [0.25, 0.3) is 6.08 Å². The topological polar surface area (TPSA) is 102 Å². The summed E-state index contributed by atoms with van der Waals surface area (Å²) >= 11 is 0. The molecule has 2 rings (SSSR count). The van der Waals surface area contributed by atoms with Crippen molar-refractivity contribution < 1.29 is 17.6 Å². The lowest BCUT2D eigenvalue weighted by Crippen LogP contribution is -2.20. The van der Waals surface area contributed by atoms with Crippen molar-refractivity contribution in [1.82, 2.24) is 15.5 Å². The first-order chi connectivity index (χ1) is 11.3. The van der Waals surface area contributed by atoms with E-state index in [9.17, 15) is 13.2 Å².